The quantitative estimate of drug-likeness (QED) is 0.241. The molecule has 40 heavy (non-hydrogen) atoms. The van der Waals surface area contributed by atoms with Crippen molar-refractivity contribution in [1.29, 1.82) is 0 Å². The normalized spacial score (nSPS) is 24.7. The Kier molecular flexibility index (Phi) is 4.96. The first-order valence-electron chi connectivity index (χ1n) is 13.2. The second-order valence-electron chi connectivity index (χ2n) is 11.1. The van der Waals surface area contributed by atoms with Gasteiger partial charge in [0, 0.05) is 23.7 Å². The van der Waals surface area contributed by atoms with Crippen molar-refractivity contribution in [3.8, 4) is 5.69 Å². The number of amides is 2. The van der Waals surface area contributed by atoms with Crippen molar-refractivity contribution in [1.82, 2.24) is 14.9 Å². The number of nitro benzene ring substituents is 1. The number of aryl methyl sites for hydroxylation is 1. The van der Waals surface area contributed by atoms with Gasteiger partial charge in [-0.2, -0.15) is 0 Å². The number of hydrogen-bond donors (Lipinski definition) is 1. The van der Waals surface area contributed by atoms with Crippen molar-refractivity contribution in [2.24, 2.45) is 17.8 Å². The van der Waals surface area contributed by atoms with Gasteiger partial charge in [-0.3, -0.25) is 34.4 Å². The molecule has 0 radical (unpaired) electrons. The number of fused-ring (bicyclic) bond motifs is 8. The lowest BCUT2D eigenvalue weighted by Crippen LogP contribution is -2.51. The molecule has 4 aromatic rings. The van der Waals surface area contributed by atoms with E-state index in [0.29, 0.717) is 33.5 Å². The van der Waals surface area contributed by atoms with Crippen LogP contribution in [-0.4, -0.2) is 32.3 Å². The number of nitrogens with one attached hydrogen (secondary N) is 1. The van der Waals surface area contributed by atoms with Crippen LogP contribution in [0.15, 0.2) is 71.5 Å². The summed E-state index contributed by atoms with van der Waals surface area (Å²) in [5.74, 6) is -2.26. The van der Waals surface area contributed by atoms with Gasteiger partial charge < -0.3 is 0 Å². The monoisotopic (exact) mass is 535 g/mol. The molecular formula is C30H25N5O5. The van der Waals surface area contributed by atoms with E-state index in [1.165, 1.54) is 12.1 Å². The molecule has 10 heteroatoms. The molecule has 1 aromatic heterocycles. The number of non-ortho nitro benzene ring substituents is 1. The van der Waals surface area contributed by atoms with Crippen molar-refractivity contribution >= 4 is 34.1 Å². The smallest absolute Gasteiger partial charge is 0.271 e. The van der Waals surface area contributed by atoms with Gasteiger partial charge in [0.05, 0.1) is 39.0 Å². The first-order chi connectivity index (χ1) is 19.2. The number of para-hydroxylation sites is 2. The van der Waals surface area contributed by atoms with Crippen LogP contribution in [0.2, 0.25) is 0 Å². The molecule has 1 spiro atoms. The second kappa shape index (κ2) is 8.15. The van der Waals surface area contributed by atoms with E-state index in [2.05, 4.69) is 5.32 Å². The van der Waals surface area contributed by atoms with E-state index in [9.17, 15) is 24.5 Å². The first kappa shape index (κ1) is 24.3. The number of carbonyl (C=O) groups is 2. The number of imide groups is 1. The number of carbonyl (C=O) groups excluding carboxylic acids is 2. The molecule has 1 N–H and O–H groups in total. The average molecular weight is 536 g/mol. The summed E-state index contributed by atoms with van der Waals surface area (Å²) >= 11 is 0. The van der Waals surface area contributed by atoms with E-state index in [1.807, 2.05) is 38.1 Å². The van der Waals surface area contributed by atoms with Gasteiger partial charge in [0.1, 0.15) is 11.4 Å². The molecule has 4 atom stereocenters. The summed E-state index contributed by atoms with van der Waals surface area (Å²) in [6, 6.07) is 18.2. The minimum Gasteiger partial charge on any atom is -0.296 e. The van der Waals surface area contributed by atoms with Gasteiger partial charge in [-0.15, -0.1) is 0 Å². The Morgan fingerprint density at radius 2 is 1.70 bits per heavy atom. The zero-order valence-corrected chi connectivity index (χ0v) is 22.0. The molecule has 2 fully saturated rings. The summed E-state index contributed by atoms with van der Waals surface area (Å²) in [5.41, 5.74) is 0.876. The summed E-state index contributed by atoms with van der Waals surface area (Å²) in [6.45, 7) is 5.68. The van der Waals surface area contributed by atoms with E-state index < -0.39 is 40.2 Å². The molecule has 0 aliphatic carbocycles. The van der Waals surface area contributed by atoms with Crippen LogP contribution >= 0.6 is 0 Å². The van der Waals surface area contributed by atoms with Crippen molar-refractivity contribution in [2.75, 3.05) is 4.90 Å². The standard InChI is InChI=1S/C30H25N5O5/c1-15(2)25-23-24(28(38)33(27(23)37)22-14-17(35(39)40)13-12-16(22)3)30(32-25)19-9-5-7-11-21(19)34-26(36)18-8-4-6-10-20(18)31-29(30)34/h4-15,23-25,32H,1-3H3/t23-,24-,25-,30+/m0/s1. The molecule has 0 unspecified atom stereocenters. The Morgan fingerprint density at radius 1 is 0.975 bits per heavy atom. The summed E-state index contributed by atoms with van der Waals surface area (Å²) in [5, 5.41) is 15.7. The summed E-state index contributed by atoms with van der Waals surface area (Å²) < 4.78 is 1.56. The number of rotatable bonds is 3. The lowest BCUT2D eigenvalue weighted by Gasteiger charge is -2.32. The summed E-state index contributed by atoms with van der Waals surface area (Å²) in [7, 11) is 0. The van der Waals surface area contributed by atoms with E-state index in [1.54, 1.807) is 41.8 Å². The van der Waals surface area contributed by atoms with Crippen molar-refractivity contribution in [3.05, 3.63) is 104 Å². The van der Waals surface area contributed by atoms with Gasteiger partial charge in [0.15, 0.2) is 0 Å². The maximum absolute atomic E-state index is 14.5. The van der Waals surface area contributed by atoms with Gasteiger partial charge >= 0.3 is 0 Å². The van der Waals surface area contributed by atoms with E-state index >= 15 is 0 Å². The Morgan fingerprint density at radius 3 is 2.45 bits per heavy atom. The molecule has 200 valence electrons. The Balaban J connectivity index is 1.52. The van der Waals surface area contributed by atoms with Gasteiger partial charge in [-0.1, -0.05) is 50.2 Å². The molecule has 3 aliphatic rings. The van der Waals surface area contributed by atoms with Crippen LogP contribution in [0, 0.1) is 34.8 Å². The van der Waals surface area contributed by atoms with Gasteiger partial charge in [-0.05, 0) is 36.6 Å². The van der Waals surface area contributed by atoms with Crippen LogP contribution in [0.25, 0.3) is 16.6 Å². The first-order valence-corrected chi connectivity index (χ1v) is 13.2. The fraction of sp³-hybridized carbons (Fsp3) is 0.267. The molecule has 3 aromatic carbocycles. The van der Waals surface area contributed by atoms with Crippen molar-refractivity contribution in [3.63, 3.8) is 0 Å². The van der Waals surface area contributed by atoms with Crippen LogP contribution in [0.3, 0.4) is 0 Å². The third kappa shape index (κ3) is 2.91. The third-order valence-electron chi connectivity index (χ3n) is 8.66. The lowest BCUT2D eigenvalue weighted by atomic mass is 9.75. The SMILES string of the molecule is Cc1ccc([N+](=O)[O-])cc1N1C(=O)[C@H]2[C@@H](C1=O)[C@]1(N[C@H]2C(C)C)c2ccccc2-n2c1nc1ccccc1c2=O. The molecule has 3 aliphatic heterocycles. The van der Waals surface area contributed by atoms with Crippen molar-refractivity contribution < 1.29 is 14.5 Å². The zero-order chi connectivity index (χ0) is 28.1. The molecule has 2 saturated heterocycles. The number of benzene rings is 3. The van der Waals surface area contributed by atoms with Crippen LogP contribution in [0.1, 0.15) is 30.8 Å². The number of anilines is 1. The predicted octanol–water partition coefficient (Wildman–Crippen LogP) is 3.59. The molecular weight excluding hydrogens is 510 g/mol. The molecule has 0 bridgehead atoms. The largest absolute Gasteiger partial charge is 0.296 e. The van der Waals surface area contributed by atoms with Crippen LogP contribution in [-0.2, 0) is 15.1 Å². The highest BCUT2D eigenvalue weighted by Gasteiger charge is 2.70. The average Bonchev–Trinajstić information content (AvgIpc) is 3.53. The molecule has 2 amide bonds. The highest BCUT2D eigenvalue weighted by molar-refractivity contribution is 6.23. The topological polar surface area (TPSA) is 127 Å². The van der Waals surface area contributed by atoms with Crippen molar-refractivity contribution in [2.45, 2.75) is 32.4 Å². The number of nitro groups is 1. The second-order valence-corrected chi connectivity index (χ2v) is 11.1. The summed E-state index contributed by atoms with van der Waals surface area (Å²) in [4.78, 5) is 59.7. The Hall–Kier alpha value is -4.70. The lowest BCUT2D eigenvalue weighted by molar-refractivity contribution is -0.384. The van der Waals surface area contributed by atoms with Gasteiger partial charge in [-0.25, -0.2) is 9.88 Å². The number of aromatic nitrogens is 2. The Bertz CT molecular complexity index is 1860. The maximum Gasteiger partial charge on any atom is 0.271 e. The summed E-state index contributed by atoms with van der Waals surface area (Å²) in [6.07, 6.45) is 0. The van der Waals surface area contributed by atoms with Crippen LogP contribution in [0.5, 0.6) is 0 Å². The fourth-order valence-corrected chi connectivity index (χ4v) is 6.91. The molecule has 10 nitrogen and oxygen atoms in total. The van der Waals surface area contributed by atoms with E-state index in [0.717, 1.165) is 4.90 Å². The highest BCUT2D eigenvalue weighted by Crippen LogP contribution is 2.56. The fourth-order valence-electron chi connectivity index (χ4n) is 6.91. The van der Waals surface area contributed by atoms with Crippen LogP contribution < -0.4 is 15.8 Å². The van der Waals surface area contributed by atoms with Gasteiger partial charge in [0.25, 0.3) is 11.2 Å². The molecule has 0 saturated carbocycles. The number of hydrogen-bond acceptors (Lipinski definition) is 7. The van der Waals surface area contributed by atoms with Crippen LogP contribution in [0.4, 0.5) is 11.4 Å². The highest BCUT2D eigenvalue weighted by atomic mass is 16.6. The minimum atomic E-state index is -1.25. The molecule has 4 heterocycles. The van der Waals surface area contributed by atoms with E-state index in [4.69, 9.17) is 4.98 Å². The Labute approximate surface area is 228 Å². The zero-order valence-electron chi connectivity index (χ0n) is 22.0. The minimum absolute atomic E-state index is 0.0526. The molecule has 7 rings (SSSR count). The van der Waals surface area contributed by atoms with Gasteiger partial charge in [0.2, 0.25) is 11.8 Å². The number of nitrogens with zero attached hydrogens (tertiary/aromatic N) is 4. The predicted molar refractivity (Wildman–Crippen MR) is 147 cm³/mol. The third-order valence-corrected chi connectivity index (χ3v) is 8.66. The van der Waals surface area contributed by atoms with E-state index in [-0.39, 0.29) is 22.9 Å². The maximum atomic E-state index is 14.5.